The number of halogens is 1. The molecule has 228 valence electrons. The summed E-state index contributed by atoms with van der Waals surface area (Å²) in [6, 6.07) is 11.8. The molecule has 0 unspecified atom stereocenters. The van der Waals surface area contributed by atoms with E-state index in [1.807, 2.05) is 24.3 Å². The summed E-state index contributed by atoms with van der Waals surface area (Å²) in [4.78, 5) is 15.4. The smallest absolute Gasteiger partial charge is 0.355 e. The minimum atomic E-state index is -4.21. The molecule has 2 heterocycles. The van der Waals surface area contributed by atoms with E-state index < -0.39 is 26.7 Å². The highest BCUT2D eigenvalue weighted by atomic mass is 32.2. The molecule has 2 aromatic heterocycles. The number of benzene rings is 2. The Balaban J connectivity index is 1.48. The monoisotopic (exact) mass is 632 g/mol. The second-order valence-corrected chi connectivity index (χ2v) is 14.7. The Morgan fingerprint density at radius 2 is 1.95 bits per heavy atom. The van der Waals surface area contributed by atoms with Crippen LogP contribution in [0.4, 0.5) is 4.39 Å². The molecule has 2 aliphatic rings. The topological polar surface area (TPSA) is 128 Å². The Kier molecular flexibility index (Phi) is 7.94. The number of aromatic carboxylic acids is 1. The summed E-state index contributed by atoms with van der Waals surface area (Å²) < 4.78 is 40.3. The summed E-state index contributed by atoms with van der Waals surface area (Å²) in [7, 11) is -4.21. The van der Waals surface area contributed by atoms with E-state index in [-0.39, 0.29) is 17.5 Å². The molecule has 0 bridgehead atoms. The first-order valence-corrected chi connectivity index (χ1v) is 17.1. The molecule has 44 heavy (non-hydrogen) atoms. The van der Waals surface area contributed by atoms with Gasteiger partial charge < -0.3 is 5.11 Å². The molecule has 2 aromatic carbocycles. The highest BCUT2D eigenvalue weighted by Crippen LogP contribution is 2.44. The van der Waals surface area contributed by atoms with Crippen molar-refractivity contribution in [3.63, 3.8) is 0 Å². The van der Waals surface area contributed by atoms with Crippen LogP contribution in [-0.4, -0.2) is 34.3 Å². The van der Waals surface area contributed by atoms with Crippen molar-refractivity contribution in [2.45, 2.75) is 63.7 Å². The molecule has 2 fully saturated rings. The first-order chi connectivity index (χ1) is 20.9. The number of carboxylic acid groups (broad SMARTS) is 1. The van der Waals surface area contributed by atoms with Crippen molar-refractivity contribution in [3.8, 4) is 28.2 Å². The number of nitrogens with zero attached hydrogens (tertiary/aromatic N) is 3. The number of aromatic nitrogens is 3. The maximum Gasteiger partial charge on any atom is 0.355 e. The molecule has 0 atom stereocenters. The summed E-state index contributed by atoms with van der Waals surface area (Å²) in [5, 5.41) is 21.6. The molecule has 2 saturated carbocycles. The minimum absolute atomic E-state index is 0.0621. The standard InChI is InChI=1S/C33H33FN4O4S2/c1-33(2,24-10-11-24)15-14-21-4-3-5-23(16-21)30-25(17-22-9-13-29(26(34)18-22)44(35,41)42)28(12-8-20-6-7-20)38(37-30)32-36-27(19-43-32)31(39)40/h3-5,9,13,16,18-20,24H,6-8,10-12,17H2,1-2H3,(H,39,40)(H2,35,41,42). The molecule has 8 nitrogen and oxygen atoms in total. The summed E-state index contributed by atoms with van der Waals surface area (Å²) in [6.45, 7) is 4.35. The number of carbonyl (C=O) groups is 1. The zero-order valence-corrected chi connectivity index (χ0v) is 26.1. The van der Waals surface area contributed by atoms with Gasteiger partial charge in [-0.2, -0.15) is 5.10 Å². The van der Waals surface area contributed by atoms with Crippen molar-refractivity contribution in [2.75, 3.05) is 0 Å². The van der Waals surface area contributed by atoms with Crippen LogP contribution in [0.15, 0.2) is 52.7 Å². The van der Waals surface area contributed by atoms with Gasteiger partial charge in [0.25, 0.3) is 0 Å². The number of carboxylic acids is 1. The zero-order chi connectivity index (χ0) is 31.2. The third-order valence-electron chi connectivity index (χ3n) is 8.42. The van der Waals surface area contributed by atoms with Crippen LogP contribution >= 0.6 is 11.3 Å². The molecule has 0 radical (unpaired) electrons. The summed E-state index contributed by atoms with van der Waals surface area (Å²) in [5.41, 5.74) is 4.44. The Morgan fingerprint density at radius 1 is 1.18 bits per heavy atom. The van der Waals surface area contributed by atoms with Gasteiger partial charge in [-0.15, -0.1) is 11.3 Å². The number of sulfonamides is 1. The number of nitrogens with two attached hydrogens (primary N) is 1. The van der Waals surface area contributed by atoms with E-state index in [4.69, 9.17) is 10.2 Å². The number of rotatable bonds is 10. The molecule has 0 amide bonds. The predicted octanol–water partition coefficient (Wildman–Crippen LogP) is 6.20. The molecular formula is C33H33FN4O4S2. The molecule has 3 N–H and O–H groups in total. The average Bonchev–Trinajstić information content (AvgIpc) is 3.90. The Morgan fingerprint density at radius 3 is 2.59 bits per heavy atom. The van der Waals surface area contributed by atoms with Crippen LogP contribution in [0, 0.1) is 34.9 Å². The largest absolute Gasteiger partial charge is 0.476 e. The van der Waals surface area contributed by atoms with Gasteiger partial charge in [-0.3, -0.25) is 0 Å². The second-order valence-electron chi connectivity index (χ2n) is 12.3. The van der Waals surface area contributed by atoms with E-state index >= 15 is 0 Å². The lowest BCUT2D eigenvalue weighted by Crippen LogP contribution is -2.14. The van der Waals surface area contributed by atoms with E-state index in [2.05, 4.69) is 30.7 Å². The summed E-state index contributed by atoms with van der Waals surface area (Å²) in [5.74, 6) is 5.99. The lowest BCUT2D eigenvalue weighted by molar-refractivity contribution is 0.0691. The molecule has 4 aromatic rings. The maximum atomic E-state index is 14.9. The lowest BCUT2D eigenvalue weighted by Gasteiger charge is -2.15. The SMILES string of the molecule is CC(C)(C#Cc1cccc(-c2nn(-c3nc(C(=O)O)cs3)c(CCC3CC3)c2Cc2ccc(S(N)(=O)=O)c(F)c2)c1)C1CC1. The number of hydrogen-bond acceptors (Lipinski definition) is 6. The van der Waals surface area contributed by atoms with Crippen LogP contribution < -0.4 is 5.14 Å². The highest BCUT2D eigenvalue weighted by molar-refractivity contribution is 7.89. The van der Waals surface area contributed by atoms with E-state index in [1.54, 1.807) is 10.7 Å². The normalized spacial score (nSPS) is 15.2. The van der Waals surface area contributed by atoms with Crippen LogP contribution in [0.3, 0.4) is 0 Å². The Hall–Kier alpha value is -3.85. The van der Waals surface area contributed by atoms with Crippen LogP contribution in [-0.2, 0) is 22.9 Å². The van der Waals surface area contributed by atoms with Crippen LogP contribution in [0.5, 0.6) is 0 Å². The number of hydrogen-bond donors (Lipinski definition) is 2. The van der Waals surface area contributed by atoms with Crippen molar-refractivity contribution in [2.24, 2.45) is 22.4 Å². The van der Waals surface area contributed by atoms with E-state index in [0.717, 1.165) is 41.6 Å². The summed E-state index contributed by atoms with van der Waals surface area (Å²) >= 11 is 1.19. The predicted molar refractivity (Wildman–Crippen MR) is 167 cm³/mol. The van der Waals surface area contributed by atoms with Gasteiger partial charge in [-0.1, -0.05) is 42.9 Å². The van der Waals surface area contributed by atoms with Gasteiger partial charge in [0.05, 0.1) is 11.4 Å². The van der Waals surface area contributed by atoms with E-state index in [0.29, 0.717) is 34.6 Å². The van der Waals surface area contributed by atoms with Crippen LogP contribution in [0.1, 0.15) is 78.8 Å². The van der Waals surface area contributed by atoms with Crippen molar-refractivity contribution in [3.05, 3.63) is 81.7 Å². The molecule has 11 heteroatoms. The van der Waals surface area contributed by atoms with Gasteiger partial charge >= 0.3 is 5.97 Å². The highest BCUT2D eigenvalue weighted by Gasteiger charge is 2.36. The van der Waals surface area contributed by atoms with E-state index in [1.165, 1.54) is 41.7 Å². The summed E-state index contributed by atoms with van der Waals surface area (Å²) in [6.07, 6.45) is 6.58. The van der Waals surface area contributed by atoms with Gasteiger partial charge in [0.1, 0.15) is 10.7 Å². The quantitative estimate of drug-likeness (QED) is 0.200. The first-order valence-electron chi connectivity index (χ1n) is 14.6. The fourth-order valence-corrected chi connectivity index (χ4v) is 6.86. The molecule has 0 saturated heterocycles. The van der Waals surface area contributed by atoms with Gasteiger partial charge in [0, 0.05) is 33.9 Å². The second kappa shape index (κ2) is 11.6. The third kappa shape index (κ3) is 6.62. The van der Waals surface area contributed by atoms with Crippen LogP contribution in [0.25, 0.3) is 16.4 Å². The van der Waals surface area contributed by atoms with Gasteiger partial charge in [-0.05, 0) is 81.2 Å². The number of primary sulfonamides is 1. The van der Waals surface area contributed by atoms with Crippen molar-refractivity contribution >= 4 is 27.3 Å². The molecular weight excluding hydrogens is 600 g/mol. The minimum Gasteiger partial charge on any atom is -0.476 e. The molecule has 0 spiro atoms. The van der Waals surface area contributed by atoms with Gasteiger partial charge in [0.15, 0.2) is 5.69 Å². The average molecular weight is 633 g/mol. The fraction of sp³-hybridized carbons (Fsp3) is 0.364. The molecule has 6 rings (SSSR count). The van der Waals surface area contributed by atoms with E-state index in [9.17, 15) is 22.7 Å². The van der Waals surface area contributed by atoms with Crippen molar-refractivity contribution in [1.82, 2.24) is 14.8 Å². The maximum absolute atomic E-state index is 14.9. The van der Waals surface area contributed by atoms with Crippen molar-refractivity contribution < 1.29 is 22.7 Å². The van der Waals surface area contributed by atoms with Gasteiger partial charge in [-0.25, -0.2) is 32.4 Å². The zero-order valence-electron chi connectivity index (χ0n) is 24.5. The first kappa shape index (κ1) is 30.2. The number of thiazole rings is 1. The fourth-order valence-electron chi connectivity index (χ4n) is 5.50. The molecule has 2 aliphatic carbocycles. The van der Waals surface area contributed by atoms with Gasteiger partial charge in [0.2, 0.25) is 15.2 Å². The van der Waals surface area contributed by atoms with Crippen LogP contribution in [0.2, 0.25) is 0 Å². The Bertz CT molecular complexity index is 1930. The lowest BCUT2D eigenvalue weighted by atomic mass is 9.88. The third-order valence-corrected chi connectivity index (χ3v) is 10.2. The Labute approximate surface area is 260 Å². The van der Waals surface area contributed by atoms with Crippen molar-refractivity contribution in [1.29, 1.82) is 0 Å². The molecule has 0 aliphatic heterocycles.